The Morgan fingerprint density at radius 3 is 2.12 bits per heavy atom. The molecule has 4 heteroatoms. The van der Waals surface area contributed by atoms with E-state index in [0.717, 1.165) is 12.8 Å². The Labute approximate surface area is 140 Å². The minimum absolute atomic E-state index is 0.00882. The van der Waals surface area contributed by atoms with Crippen molar-refractivity contribution in [2.45, 2.75) is 31.8 Å². The summed E-state index contributed by atoms with van der Waals surface area (Å²) < 4.78 is 5.30. The monoisotopic (exact) mass is 322 g/mol. The van der Waals surface area contributed by atoms with Crippen LogP contribution in [0.1, 0.15) is 52.0 Å². The normalized spacial score (nSPS) is 17.3. The van der Waals surface area contributed by atoms with E-state index in [1.54, 1.807) is 48.5 Å². The van der Waals surface area contributed by atoms with Crippen LogP contribution in [0.15, 0.2) is 54.6 Å². The summed E-state index contributed by atoms with van der Waals surface area (Å²) in [6.07, 6.45) is 2.20. The Balaban J connectivity index is 1.69. The number of carbonyl (C=O) groups excluding carboxylic acids is 3. The molecular weight excluding hydrogens is 304 g/mol. The number of ether oxygens (including phenoxy) is 1. The summed E-state index contributed by atoms with van der Waals surface area (Å²) >= 11 is 0. The number of benzene rings is 2. The average Bonchev–Trinajstić information content (AvgIpc) is 2.64. The minimum Gasteiger partial charge on any atom is -0.451 e. The first kappa shape index (κ1) is 16.1. The van der Waals surface area contributed by atoms with Crippen LogP contribution in [0.25, 0.3) is 0 Å². The zero-order valence-corrected chi connectivity index (χ0v) is 13.2. The van der Waals surface area contributed by atoms with Crippen LogP contribution >= 0.6 is 0 Å². The number of hydrogen-bond donors (Lipinski definition) is 0. The smallest absolute Gasteiger partial charge is 0.338 e. The molecule has 122 valence electrons. The molecule has 0 radical (unpaired) electrons. The molecule has 1 aliphatic carbocycles. The van der Waals surface area contributed by atoms with Gasteiger partial charge >= 0.3 is 5.97 Å². The van der Waals surface area contributed by atoms with Gasteiger partial charge in [0, 0.05) is 17.5 Å². The fourth-order valence-corrected chi connectivity index (χ4v) is 2.79. The summed E-state index contributed by atoms with van der Waals surface area (Å²) in [6.45, 7) is 0. The van der Waals surface area contributed by atoms with Gasteiger partial charge in [0.2, 0.25) is 0 Å². The lowest BCUT2D eigenvalue weighted by Gasteiger charge is -2.20. The van der Waals surface area contributed by atoms with Gasteiger partial charge in [-0.1, -0.05) is 42.5 Å². The highest BCUT2D eigenvalue weighted by atomic mass is 16.5. The molecule has 0 unspecified atom stereocenters. The highest BCUT2D eigenvalue weighted by molar-refractivity contribution is 6.09. The molecule has 0 heterocycles. The lowest BCUT2D eigenvalue weighted by molar-refractivity contribution is -0.129. The molecule has 1 saturated carbocycles. The summed E-state index contributed by atoms with van der Waals surface area (Å²) in [5.41, 5.74) is 1.45. The van der Waals surface area contributed by atoms with E-state index in [2.05, 4.69) is 0 Å². The number of rotatable bonds is 4. The Kier molecular flexibility index (Phi) is 4.85. The SMILES string of the molecule is O=C(O[C@@H]1CCCCC1=O)c1ccc(C(=O)c2ccccc2)cc1. The molecule has 0 N–H and O–H groups in total. The van der Waals surface area contributed by atoms with Crippen molar-refractivity contribution in [3.63, 3.8) is 0 Å². The van der Waals surface area contributed by atoms with Gasteiger partial charge in [-0.2, -0.15) is 0 Å². The molecule has 0 bridgehead atoms. The molecule has 0 aromatic heterocycles. The predicted molar refractivity (Wildman–Crippen MR) is 89.0 cm³/mol. The van der Waals surface area contributed by atoms with Crippen LogP contribution in [0, 0.1) is 0 Å². The number of esters is 1. The van der Waals surface area contributed by atoms with Crippen molar-refractivity contribution in [3.8, 4) is 0 Å². The number of Topliss-reactive ketones (excluding diaryl/α,β-unsaturated/α-hetero) is 1. The molecule has 1 aliphatic rings. The molecular formula is C20H18O4. The summed E-state index contributed by atoms with van der Waals surface area (Å²) in [4.78, 5) is 36.2. The van der Waals surface area contributed by atoms with E-state index in [9.17, 15) is 14.4 Å². The van der Waals surface area contributed by atoms with Gasteiger partial charge in [-0.25, -0.2) is 4.79 Å². The number of carbonyl (C=O) groups is 3. The summed E-state index contributed by atoms with van der Waals surface area (Å²) in [5.74, 6) is -0.627. The first-order valence-corrected chi connectivity index (χ1v) is 8.08. The summed E-state index contributed by atoms with van der Waals surface area (Å²) in [6, 6.07) is 15.3. The van der Waals surface area contributed by atoms with Gasteiger partial charge < -0.3 is 4.74 Å². The molecule has 1 atom stereocenters. The van der Waals surface area contributed by atoms with Crippen molar-refractivity contribution < 1.29 is 19.1 Å². The van der Waals surface area contributed by atoms with Gasteiger partial charge in [0.15, 0.2) is 17.7 Å². The lowest BCUT2D eigenvalue weighted by Crippen LogP contribution is -2.30. The zero-order valence-electron chi connectivity index (χ0n) is 13.2. The third kappa shape index (κ3) is 3.59. The molecule has 0 saturated heterocycles. The third-order valence-electron chi connectivity index (χ3n) is 4.17. The van der Waals surface area contributed by atoms with Crippen LogP contribution in [0.4, 0.5) is 0 Å². The molecule has 1 fully saturated rings. The number of ketones is 2. The first-order valence-electron chi connectivity index (χ1n) is 8.08. The molecule has 0 spiro atoms. The van der Waals surface area contributed by atoms with Crippen molar-refractivity contribution in [1.29, 1.82) is 0 Å². The van der Waals surface area contributed by atoms with E-state index in [1.807, 2.05) is 6.07 Å². The minimum atomic E-state index is -0.628. The molecule has 3 rings (SSSR count). The van der Waals surface area contributed by atoms with Crippen LogP contribution in [-0.4, -0.2) is 23.6 Å². The topological polar surface area (TPSA) is 60.4 Å². The van der Waals surface area contributed by atoms with E-state index >= 15 is 0 Å². The fraction of sp³-hybridized carbons (Fsp3) is 0.250. The van der Waals surface area contributed by atoms with Gasteiger partial charge in [0.25, 0.3) is 0 Å². The maximum absolute atomic E-state index is 12.3. The van der Waals surface area contributed by atoms with Gasteiger partial charge in [0.1, 0.15) is 0 Å². The zero-order chi connectivity index (χ0) is 16.9. The lowest BCUT2D eigenvalue weighted by atomic mass is 9.96. The van der Waals surface area contributed by atoms with Crippen LogP contribution in [-0.2, 0) is 9.53 Å². The molecule has 2 aromatic carbocycles. The van der Waals surface area contributed by atoms with E-state index in [4.69, 9.17) is 4.74 Å². The maximum atomic E-state index is 12.3. The standard InChI is InChI=1S/C20H18O4/c21-17-8-4-5-9-18(17)24-20(23)16-12-10-15(11-13-16)19(22)14-6-2-1-3-7-14/h1-3,6-7,10-13,18H,4-5,8-9H2/t18-/m1/s1. The fourth-order valence-electron chi connectivity index (χ4n) is 2.79. The number of hydrogen-bond acceptors (Lipinski definition) is 4. The summed E-state index contributed by atoms with van der Waals surface area (Å²) in [5, 5.41) is 0. The van der Waals surface area contributed by atoms with Gasteiger partial charge in [-0.15, -0.1) is 0 Å². The molecule has 0 amide bonds. The van der Waals surface area contributed by atoms with E-state index in [1.165, 1.54) is 0 Å². The van der Waals surface area contributed by atoms with Crippen LogP contribution < -0.4 is 0 Å². The second-order valence-electron chi connectivity index (χ2n) is 5.88. The van der Waals surface area contributed by atoms with Crippen LogP contribution in [0.5, 0.6) is 0 Å². The second kappa shape index (κ2) is 7.21. The summed E-state index contributed by atoms with van der Waals surface area (Å²) in [7, 11) is 0. The Bertz CT molecular complexity index is 747. The van der Waals surface area contributed by atoms with Crippen molar-refractivity contribution in [1.82, 2.24) is 0 Å². The maximum Gasteiger partial charge on any atom is 0.338 e. The van der Waals surface area contributed by atoms with Crippen molar-refractivity contribution in [2.75, 3.05) is 0 Å². The molecule has 24 heavy (non-hydrogen) atoms. The van der Waals surface area contributed by atoms with Gasteiger partial charge in [0.05, 0.1) is 5.56 Å². The Hall–Kier alpha value is -2.75. The van der Waals surface area contributed by atoms with Crippen molar-refractivity contribution >= 4 is 17.5 Å². The van der Waals surface area contributed by atoms with Crippen LogP contribution in [0.3, 0.4) is 0 Å². The van der Waals surface area contributed by atoms with E-state index in [0.29, 0.717) is 29.5 Å². The van der Waals surface area contributed by atoms with E-state index < -0.39 is 12.1 Å². The largest absolute Gasteiger partial charge is 0.451 e. The van der Waals surface area contributed by atoms with Crippen LogP contribution in [0.2, 0.25) is 0 Å². The van der Waals surface area contributed by atoms with Gasteiger partial charge in [-0.3, -0.25) is 9.59 Å². The highest BCUT2D eigenvalue weighted by Gasteiger charge is 2.26. The Morgan fingerprint density at radius 1 is 0.833 bits per heavy atom. The predicted octanol–water partition coefficient (Wildman–Crippen LogP) is 3.59. The Morgan fingerprint density at radius 2 is 1.46 bits per heavy atom. The van der Waals surface area contributed by atoms with Crippen molar-refractivity contribution in [3.05, 3.63) is 71.3 Å². The molecule has 4 nitrogen and oxygen atoms in total. The van der Waals surface area contributed by atoms with Crippen molar-refractivity contribution in [2.24, 2.45) is 0 Å². The first-order chi connectivity index (χ1) is 11.6. The van der Waals surface area contributed by atoms with Gasteiger partial charge in [-0.05, 0) is 31.4 Å². The molecule has 0 aliphatic heterocycles. The quantitative estimate of drug-likeness (QED) is 0.637. The van der Waals surface area contributed by atoms with E-state index in [-0.39, 0.29) is 11.6 Å². The molecule has 2 aromatic rings. The third-order valence-corrected chi connectivity index (χ3v) is 4.17. The second-order valence-corrected chi connectivity index (χ2v) is 5.88. The average molecular weight is 322 g/mol. The highest BCUT2D eigenvalue weighted by Crippen LogP contribution is 2.19.